The molecule has 0 aliphatic carbocycles. The molecule has 0 bridgehead atoms. The monoisotopic (exact) mass is 558 g/mol. The van der Waals surface area contributed by atoms with Crippen molar-refractivity contribution < 1.29 is 18.7 Å². The van der Waals surface area contributed by atoms with Crippen molar-refractivity contribution in [1.29, 1.82) is 0 Å². The number of fused-ring (bicyclic) bond motifs is 1. The van der Waals surface area contributed by atoms with Crippen molar-refractivity contribution in [3.8, 4) is 28.0 Å². The zero-order valence-corrected chi connectivity index (χ0v) is 23.2. The van der Waals surface area contributed by atoms with Crippen molar-refractivity contribution in [2.75, 3.05) is 78.4 Å². The Morgan fingerprint density at radius 2 is 1.73 bits per heavy atom. The number of nitrogens with one attached hydrogen (secondary N) is 1. The van der Waals surface area contributed by atoms with Crippen LogP contribution in [0.15, 0.2) is 54.9 Å². The highest BCUT2D eigenvalue weighted by Crippen LogP contribution is 2.36. The molecule has 2 saturated heterocycles. The molecule has 0 spiro atoms. The highest BCUT2D eigenvalue weighted by molar-refractivity contribution is 6.01. The van der Waals surface area contributed by atoms with Crippen LogP contribution in [-0.4, -0.2) is 103 Å². The number of benzene rings is 2. The minimum atomic E-state index is -0.617. The number of carbonyl (C=O) groups excluding carboxylic acids is 1. The third-order valence-corrected chi connectivity index (χ3v) is 8.12. The molecule has 0 radical (unpaired) electrons. The Balaban J connectivity index is 1.21. The van der Waals surface area contributed by atoms with Crippen LogP contribution in [0.1, 0.15) is 10.4 Å². The van der Waals surface area contributed by atoms with Gasteiger partial charge in [-0.25, -0.2) is 9.37 Å². The first-order chi connectivity index (χ1) is 20.0. The molecule has 41 heavy (non-hydrogen) atoms. The van der Waals surface area contributed by atoms with Gasteiger partial charge in [0.25, 0.3) is 5.91 Å². The molecule has 3 N–H and O–H groups in total. The van der Waals surface area contributed by atoms with E-state index in [0.29, 0.717) is 29.9 Å². The number of aromatic nitrogens is 2. The van der Waals surface area contributed by atoms with E-state index in [4.69, 9.17) is 15.2 Å². The molecule has 1 amide bonds. The maximum Gasteiger partial charge on any atom is 0.256 e. The third-order valence-electron chi connectivity index (χ3n) is 8.12. The number of methoxy groups -OCH3 is 1. The number of pyridine rings is 1. The summed E-state index contributed by atoms with van der Waals surface area (Å²) in [7, 11) is 1.64. The van der Waals surface area contributed by atoms with Gasteiger partial charge in [0, 0.05) is 86.8 Å². The van der Waals surface area contributed by atoms with E-state index in [1.807, 2.05) is 36.5 Å². The van der Waals surface area contributed by atoms with Crippen LogP contribution in [0.4, 0.5) is 10.1 Å². The van der Waals surface area contributed by atoms with Gasteiger partial charge in [0.1, 0.15) is 17.2 Å². The number of nitrogens with two attached hydrogens (primary N) is 1. The number of nitrogen functional groups attached to an aromatic ring is 1. The minimum Gasteiger partial charge on any atom is -0.496 e. The lowest BCUT2D eigenvalue weighted by Crippen LogP contribution is -2.51. The standard InChI is InChI=1S/C31H35FN6O3/c1-40-28-5-3-2-4-23(28)26-20-35-30-24(26)17-22(19-34-30)21-16-25(29(33)27(32)18-21)31(39)38-10-8-36(9-11-38)6-7-37-12-14-41-15-13-37/h2-5,16-20H,6-15,33H2,1H3,(H,34,35). The van der Waals surface area contributed by atoms with E-state index in [1.54, 1.807) is 24.3 Å². The van der Waals surface area contributed by atoms with Crippen LogP contribution in [0.25, 0.3) is 33.3 Å². The molecular weight excluding hydrogens is 523 g/mol. The first kappa shape index (κ1) is 27.2. The Hall–Kier alpha value is -3.99. The predicted octanol–water partition coefficient (Wildman–Crippen LogP) is 3.72. The summed E-state index contributed by atoms with van der Waals surface area (Å²) in [5.74, 6) is -0.123. The molecule has 10 heteroatoms. The van der Waals surface area contributed by atoms with Gasteiger partial charge in [-0.3, -0.25) is 14.6 Å². The molecule has 2 aromatic carbocycles. The number of amides is 1. The maximum atomic E-state index is 15.1. The van der Waals surface area contributed by atoms with Crippen molar-refractivity contribution in [2.24, 2.45) is 0 Å². The van der Waals surface area contributed by atoms with Gasteiger partial charge in [0.15, 0.2) is 0 Å². The number of morpholine rings is 1. The first-order valence-corrected chi connectivity index (χ1v) is 14.0. The van der Waals surface area contributed by atoms with Crippen LogP contribution >= 0.6 is 0 Å². The molecule has 0 atom stereocenters. The summed E-state index contributed by atoms with van der Waals surface area (Å²) in [6.45, 7) is 8.17. The van der Waals surface area contributed by atoms with Crippen molar-refractivity contribution >= 4 is 22.6 Å². The quantitative estimate of drug-likeness (QED) is 0.334. The number of halogens is 1. The van der Waals surface area contributed by atoms with E-state index < -0.39 is 5.82 Å². The largest absolute Gasteiger partial charge is 0.496 e. The van der Waals surface area contributed by atoms with Crippen LogP contribution in [0.2, 0.25) is 0 Å². The summed E-state index contributed by atoms with van der Waals surface area (Å²) in [6, 6.07) is 12.8. The van der Waals surface area contributed by atoms with Crippen molar-refractivity contribution in [1.82, 2.24) is 24.7 Å². The van der Waals surface area contributed by atoms with Gasteiger partial charge in [0.2, 0.25) is 0 Å². The van der Waals surface area contributed by atoms with Gasteiger partial charge in [-0.2, -0.15) is 0 Å². The van der Waals surface area contributed by atoms with E-state index in [0.717, 1.165) is 74.7 Å². The fraction of sp³-hybridized carbons (Fsp3) is 0.355. The van der Waals surface area contributed by atoms with Crippen molar-refractivity contribution in [3.63, 3.8) is 0 Å². The molecule has 2 aliphatic rings. The number of para-hydroxylation sites is 1. The number of anilines is 1. The Kier molecular flexibility index (Phi) is 7.86. The predicted molar refractivity (Wildman–Crippen MR) is 157 cm³/mol. The molecular formula is C31H35FN6O3. The maximum absolute atomic E-state index is 15.1. The third kappa shape index (κ3) is 5.63. The number of hydrogen-bond donors (Lipinski definition) is 2. The molecule has 4 heterocycles. The number of H-pyrrole nitrogens is 1. The van der Waals surface area contributed by atoms with Crippen LogP contribution in [-0.2, 0) is 4.74 Å². The van der Waals surface area contributed by atoms with Crippen LogP contribution < -0.4 is 10.5 Å². The Morgan fingerprint density at radius 3 is 2.49 bits per heavy atom. The topological polar surface area (TPSA) is 99.9 Å². The van der Waals surface area contributed by atoms with Gasteiger partial charge in [-0.1, -0.05) is 18.2 Å². The SMILES string of the molecule is COc1ccccc1-c1c[nH]c2ncc(-c3cc(F)c(N)c(C(=O)N4CCN(CCN5CCOCC5)CC4)c3)cc12. The molecule has 214 valence electrons. The van der Waals surface area contributed by atoms with Gasteiger partial charge in [-0.15, -0.1) is 0 Å². The van der Waals surface area contributed by atoms with Crippen molar-refractivity contribution in [2.45, 2.75) is 0 Å². The average Bonchev–Trinajstić information content (AvgIpc) is 3.45. The molecule has 6 rings (SSSR count). The summed E-state index contributed by atoms with van der Waals surface area (Å²) >= 11 is 0. The van der Waals surface area contributed by atoms with E-state index in [9.17, 15) is 4.79 Å². The fourth-order valence-corrected chi connectivity index (χ4v) is 5.67. The smallest absolute Gasteiger partial charge is 0.256 e. The molecule has 2 aliphatic heterocycles. The van der Waals surface area contributed by atoms with E-state index in [-0.39, 0.29) is 17.2 Å². The van der Waals surface area contributed by atoms with E-state index >= 15 is 4.39 Å². The normalized spacial score (nSPS) is 16.8. The lowest BCUT2D eigenvalue weighted by molar-refractivity contribution is 0.0293. The summed E-state index contributed by atoms with van der Waals surface area (Å²) in [6.07, 6.45) is 3.57. The second-order valence-corrected chi connectivity index (χ2v) is 10.5. The van der Waals surface area contributed by atoms with Crippen LogP contribution in [0.3, 0.4) is 0 Å². The number of carbonyl (C=O) groups is 1. The highest BCUT2D eigenvalue weighted by Gasteiger charge is 2.26. The number of rotatable bonds is 7. The first-order valence-electron chi connectivity index (χ1n) is 14.0. The zero-order valence-electron chi connectivity index (χ0n) is 23.2. The second-order valence-electron chi connectivity index (χ2n) is 10.5. The fourth-order valence-electron chi connectivity index (χ4n) is 5.67. The van der Waals surface area contributed by atoms with Crippen LogP contribution in [0.5, 0.6) is 5.75 Å². The second kappa shape index (κ2) is 11.9. The molecule has 0 unspecified atom stereocenters. The van der Waals surface area contributed by atoms with Gasteiger partial charge >= 0.3 is 0 Å². The molecule has 9 nitrogen and oxygen atoms in total. The summed E-state index contributed by atoms with van der Waals surface area (Å²) in [5.41, 5.74) is 9.95. The average molecular weight is 559 g/mol. The lowest BCUT2D eigenvalue weighted by Gasteiger charge is -2.36. The zero-order chi connectivity index (χ0) is 28.3. The molecule has 0 saturated carbocycles. The van der Waals surface area contributed by atoms with E-state index in [1.165, 1.54) is 6.07 Å². The Labute approximate surface area is 238 Å². The van der Waals surface area contributed by atoms with Gasteiger partial charge in [-0.05, 0) is 29.8 Å². The molecule has 2 aromatic heterocycles. The number of hydrogen-bond acceptors (Lipinski definition) is 7. The Bertz CT molecular complexity index is 1540. The van der Waals surface area contributed by atoms with Crippen LogP contribution in [0, 0.1) is 5.82 Å². The lowest BCUT2D eigenvalue weighted by atomic mass is 9.99. The van der Waals surface area contributed by atoms with Gasteiger partial charge in [0.05, 0.1) is 31.6 Å². The summed E-state index contributed by atoms with van der Waals surface area (Å²) in [5, 5.41) is 0.866. The summed E-state index contributed by atoms with van der Waals surface area (Å²) < 4.78 is 26.1. The van der Waals surface area contributed by atoms with Crippen molar-refractivity contribution in [3.05, 3.63) is 66.2 Å². The highest BCUT2D eigenvalue weighted by atomic mass is 19.1. The Morgan fingerprint density at radius 1 is 1.00 bits per heavy atom. The molecule has 4 aromatic rings. The minimum absolute atomic E-state index is 0.126. The summed E-state index contributed by atoms with van der Waals surface area (Å²) in [4.78, 5) is 27.9. The number of piperazine rings is 1. The molecule has 2 fully saturated rings. The number of ether oxygens (including phenoxy) is 2. The van der Waals surface area contributed by atoms with E-state index in [2.05, 4.69) is 19.8 Å². The van der Waals surface area contributed by atoms with Gasteiger partial charge < -0.3 is 25.1 Å². The number of nitrogens with zero attached hydrogens (tertiary/aromatic N) is 4. The number of aromatic amines is 1.